The number of fused-ring (bicyclic) bond motifs is 5. The lowest BCUT2D eigenvalue weighted by Gasteiger charge is -2.15. The molecule has 0 aromatic heterocycles. The minimum Gasteiger partial charge on any atom is -0.282 e. The van der Waals surface area contributed by atoms with Crippen molar-refractivity contribution in [1.29, 1.82) is 5.41 Å². The van der Waals surface area contributed by atoms with Gasteiger partial charge in [0.15, 0.2) is 5.84 Å². The van der Waals surface area contributed by atoms with Crippen molar-refractivity contribution in [1.82, 2.24) is 0 Å². The van der Waals surface area contributed by atoms with Gasteiger partial charge in [0.1, 0.15) is 0 Å². The Morgan fingerprint density at radius 2 is 1.02 bits per heavy atom. The Bertz CT molecular complexity index is 2830. The fourth-order valence-electron chi connectivity index (χ4n) is 7.27. The third-order valence-electron chi connectivity index (χ3n) is 9.92. The minimum absolute atomic E-state index is 0.229. The molecule has 0 atom stereocenters. The molecule has 0 radical (unpaired) electrons. The van der Waals surface area contributed by atoms with E-state index in [0.29, 0.717) is 0 Å². The van der Waals surface area contributed by atoms with Crippen LogP contribution >= 0.6 is 0 Å². The summed E-state index contributed by atoms with van der Waals surface area (Å²) in [7, 11) is 0. The van der Waals surface area contributed by atoms with Gasteiger partial charge in [-0.15, -0.1) is 0 Å². The van der Waals surface area contributed by atoms with E-state index < -0.39 is 0 Å². The summed E-state index contributed by atoms with van der Waals surface area (Å²) in [5.74, 6) is 0.229. The number of nitrogens with zero attached hydrogens (tertiary/aromatic N) is 1. The largest absolute Gasteiger partial charge is 0.282 e. The maximum Gasteiger partial charge on any atom is 0.152 e. The van der Waals surface area contributed by atoms with Crippen LogP contribution in [0.5, 0.6) is 0 Å². The molecule has 9 rings (SSSR count). The monoisotopic (exact) mass is 662 g/mol. The Morgan fingerprint density at radius 1 is 0.404 bits per heavy atom. The summed E-state index contributed by atoms with van der Waals surface area (Å²) in [4.78, 5) is 4.82. The molecule has 0 saturated carbocycles. The first-order valence-corrected chi connectivity index (χ1v) is 17.6. The van der Waals surface area contributed by atoms with Gasteiger partial charge in [0.05, 0.1) is 5.71 Å². The Hall–Kier alpha value is -6.90. The van der Waals surface area contributed by atoms with E-state index in [2.05, 4.69) is 158 Å². The highest BCUT2D eigenvalue weighted by Gasteiger charge is 2.13. The van der Waals surface area contributed by atoms with Crippen molar-refractivity contribution in [2.45, 2.75) is 0 Å². The average Bonchev–Trinajstić information content (AvgIpc) is 3.22. The molecular formula is C50H34N2. The zero-order valence-electron chi connectivity index (χ0n) is 28.5. The predicted octanol–water partition coefficient (Wildman–Crippen LogP) is 13.2. The molecule has 0 aliphatic rings. The van der Waals surface area contributed by atoms with Crippen molar-refractivity contribution in [2.24, 2.45) is 4.99 Å². The highest BCUT2D eigenvalue weighted by atomic mass is 14.8. The number of amidine groups is 1. The van der Waals surface area contributed by atoms with Crippen LogP contribution in [0.2, 0.25) is 0 Å². The predicted molar refractivity (Wildman–Crippen MR) is 223 cm³/mol. The van der Waals surface area contributed by atoms with Crippen molar-refractivity contribution < 1.29 is 0 Å². The lowest BCUT2D eigenvalue weighted by molar-refractivity contribution is 1.41. The van der Waals surface area contributed by atoms with Gasteiger partial charge in [-0.25, -0.2) is 4.99 Å². The molecule has 9 aromatic carbocycles. The molecule has 0 aliphatic heterocycles. The van der Waals surface area contributed by atoms with Gasteiger partial charge in [0, 0.05) is 11.1 Å². The van der Waals surface area contributed by atoms with E-state index in [1.54, 1.807) is 0 Å². The Labute approximate surface area is 303 Å². The van der Waals surface area contributed by atoms with Gasteiger partial charge in [0.25, 0.3) is 0 Å². The summed E-state index contributed by atoms with van der Waals surface area (Å²) < 4.78 is 0. The summed E-state index contributed by atoms with van der Waals surface area (Å²) in [6.45, 7) is 0. The van der Waals surface area contributed by atoms with Crippen LogP contribution in [0.1, 0.15) is 16.7 Å². The Morgan fingerprint density at radius 3 is 1.83 bits per heavy atom. The van der Waals surface area contributed by atoms with Crippen molar-refractivity contribution in [2.75, 3.05) is 0 Å². The van der Waals surface area contributed by atoms with Gasteiger partial charge < -0.3 is 0 Å². The molecule has 0 amide bonds. The molecule has 2 heteroatoms. The van der Waals surface area contributed by atoms with Crippen LogP contribution in [-0.4, -0.2) is 11.5 Å². The number of benzene rings is 9. The summed E-state index contributed by atoms with van der Waals surface area (Å²) in [6, 6.07) is 66.1. The first-order valence-electron chi connectivity index (χ1n) is 17.6. The van der Waals surface area contributed by atoms with E-state index in [9.17, 15) is 0 Å². The fraction of sp³-hybridized carbons (Fsp3) is 0. The van der Waals surface area contributed by atoms with Crippen molar-refractivity contribution in [3.63, 3.8) is 0 Å². The minimum atomic E-state index is 0.229. The second-order valence-corrected chi connectivity index (χ2v) is 13.2. The third-order valence-corrected chi connectivity index (χ3v) is 9.92. The molecule has 52 heavy (non-hydrogen) atoms. The molecule has 0 bridgehead atoms. The number of allylic oxidation sites excluding steroid dienone is 1. The maximum absolute atomic E-state index is 8.79. The summed E-state index contributed by atoms with van der Waals surface area (Å²) in [6.07, 6.45) is 4.12. The second kappa shape index (κ2) is 13.4. The van der Waals surface area contributed by atoms with E-state index in [4.69, 9.17) is 10.4 Å². The van der Waals surface area contributed by atoms with E-state index >= 15 is 0 Å². The van der Waals surface area contributed by atoms with Crippen LogP contribution in [0.3, 0.4) is 0 Å². The zero-order chi connectivity index (χ0) is 34.9. The van der Waals surface area contributed by atoms with E-state index in [-0.39, 0.29) is 5.84 Å². The molecule has 0 fully saturated rings. The molecule has 0 saturated heterocycles. The maximum atomic E-state index is 8.79. The van der Waals surface area contributed by atoms with Crippen LogP contribution in [-0.2, 0) is 0 Å². The fourth-order valence-corrected chi connectivity index (χ4v) is 7.27. The Kier molecular flexibility index (Phi) is 8.03. The van der Waals surface area contributed by atoms with E-state index in [1.807, 2.05) is 42.5 Å². The van der Waals surface area contributed by atoms with Gasteiger partial charge in [-0.3, -0.25) is 5.41 Å². The van der Waals surface area contributed by atoms with E-state index in [1.165, 1.54) is 59.8 Å². The van der Waals surface area contributed by atoms with Gasteiger partial charge in [-0.1, -0.05) is 176 Å². The van der Waals surface area contributed by atoms with Gasteiger partial charge in [0.2, 0.25) is 0 Å². The molecule has 0 spiro atoms. The van der Waals surface area contributed by atoms with Crippen molar-refractivity contribution in [3.05, 3.63) is 211 Å². The normalized spacial score (nSPS) is 12.0. The summed E-state index contributed by atoms with van der Waals surface area (Å²) in [5.41, 5.74) is 8.33. The van der Waals surface area contributed by atoms with Crippen LogP contribution < -0.4 is 0 Å². The molecule has 9 aromatic rings. The van der Waals surface area contributed by atoms with Crippen LogP contribution in [0.15, 0.2) is 199 Å². The number of aliphatic imine (C=N–C) groups is 1. The smallest absolute Gasteiger partial charge is 0.152 e. The van der Waals surface area contributed by atoms with Gasteiger partial charge in [-0.2, -0.15) is 0 Å². The molecule has 0 aliphatic carbocycles. The third kappa shape index (κ3) is 5.97. The van der Waals surface area contributed by atoms with Crippen LogP contribution in [0, 0.1) is 5.41 Å². The molecule has 244 valence electrons. The van der Waals surface area contributed by atoms with Crippen molar-refractivity contribution >= 4 is 60.7 Å². The number of nitrogens with one attached hydrogen (secondary N) is 1. The summed E-state index contributed by atoms with van der Waals surface area (Å²) >= 11 is 0. The molecular weight excluding hydrogens is 629 g/mol. The number of hydrogen-bond donors (Lipinski definition) is 1. The van der Waals surface area contributed by atoms with Gasteiger partial charge >= 0.3 is 0 Å². The van der Waals surface area contributed by atoms with E-state index in [0.717, 1.165) is 28.0 Å². The quantitative estimate of drug-likeness (QED) is 0.0796. The average molecular weight is 663 g/mol. The summed E-state index contributed by atoms with van der Waals surface area (Å²) in [5, 5.41) is 18.7. The SMILES string of the molecule is N=C(N=C(/C=C/c1ccc2cc(-c3c4ccccc4cc4c3ccc3ccccc34)ccc2c1)c1ccc(-c2ccccc2)cc1)c1ccccc1. The number of rotatable bonds is 6. The first kappa shape index (κ1) is 31.1. The van der Waals surface area contributed by atoms with Crippen LogP contribution in [0.25, 0.3) is 71.4 Å². The number of hydrogen-bond acceptors (Lipinski definition) is 1. The highest BCUT2D eigenvalue weighted by Crippen LogP contribution is 2.40. The topological polar surface area (TPSA) is 36.2 Å². The molecule has 0 heterocycles. The lowest BCUT2D eigenvalue weighted by atomic mass is 9.89. The second-order valence-electron chi connectivity index (χ2n) is 13.2. The lowest BCUT2D eigenvalue weighted by Crippen LogP contribution is -2.03. The Balaban J connectivity index is 1.09. The molecule has 0 unspecified atom stereocenters. The van der Waals surface area contributed by atoms with Crippen molar-refractivity contribution in [3.8, 4) is 22.3 Å². The first-order chi connectivity index (χ1) is 25.7. The zero-order valence-corrected chi connectivity index (χ0v) is 28.5. The molecule has 2 nitrogen and oxygen atoms in total. The van der Waals surface area contributed by atoms with Crippen LogP contribution in [0.4, 0.5) is 0 Å². The highest BCUT2D eigenvalue weighted by molar-refractivity contribution is 6.21. The molecule has 1 N–H and O–H groups in total. The standard InChI is InChI=1S/C50H34N2/c51-50(39-14-5-2-6-15-39)52-48(38-24-22-36(23-25-38)35-11-3-1-4-12-35)30-20-34-19-21-41-32-43(27-26-40(41)31-34)49-45-18-10-8-16-42(45)33-47-44-17-9-7-13-37(44)28-29-46(47)49/h1-33,51H/b30-20+,51-50?,52-48?. The van der Waals surface area contributed by atoms with Gasteiger partial charge in [-0.05, 0) is 95.2 Å².